The van der Waals surface area contributed by atoms with Crippen molar-refractivity contribution < 1.29 is 14.3 Å². The van der Waals surface area contributed by atoms with Crippen LogP contribution >= 0.6 is 11.6 Å². The minimum Gasteiger partial charge on any atom is -0.495 e. The molecule has 2 aromatic carbocycles. The average Bonchev–Trinajstić information content (AvgIpc) is 3.00. The van der Waals surface area contributed by atoms with E-state index in [9.17, 15) is 9.59 Å². The molecule has 1 aliphatic heterocycles. The number of anilines is 2. The van der Waals surface area contributed by atoms with Crippen molar-refractivity contribution in [3.63, 3.8) is 0 Å². The summed E-state index contributed by atoms with van der Waals surface area (Å²) < 4.78 is 5.24. The molecular formula is C19H19ClN2O3. The number of carbonyl (C=O) groups is 2. The van der Waals surface area contributed by atoms with Gasteiger partial charge < -0.3 is 15.0 Å². The number of methoxy groups -OCH3 is 1. The van der Waals surface area contributed by atoms with E-state index in [1.54, 1.807) is 30.2 Å². The smallest absolute Gasteiger partial charge is 0.229 e. The fourth-order valence-electron chi connectivity index (χ4n) is 2.87. The Balaban J connectivity index is 1.73. The number of nitrogens with zero attached hydrogens (tertiary/aromatic N) is 1. The summed E-state index contributed by atoms with van der Waals surface area (Å²) in [5.74, 6) is -0.113. The highest BCUT2D eigenvalue weighted by Gasteiger charge is 2.35. The molecule has 0 radical (unpaired) electrons. The highest BCUT2D eigenvalue weighted by atomic mass is 35.5. The van der Waals surface area contributed by atoms with E-state index in [-0.39, 0.29) is 18.2 Å². The second-order valence-corrected chi connectivity index (χ2v) is 6.44. The minimum atomic E-state index is -0.419. The molecule has 3 rings (SSSR count). The molecule has 25 heavy (non-hydrogen) atoms. The quantitative estimate of drug-likeness (QED) is 0.907. The summed E-state index contributed by atoms with van der Waals surface area (Å²) >= 11 is 6.15. The van der Waals surface area contributed by atoms with Crippen molar-refractivity contribution in [1.82, 2.24) is 0 Å². The van der Waals surface area contributed by atoms with Gasteiger partial charge in [-0.25, -0.2) is 0 Å². The van der Waals surface area contributed by atoms with Gasteiger partial charge in [-0.1, -0.05) is 29.8 Å². The van der Waals surface area contributed by atoms with Crippen molar-refractivity contribution >= 4 is 34.8 Å². The number of aryl methyl sites for hydroxylation is 1. The number of halogens is 1. The molecule has 130 valence electrons. The standard InChI is InChI=1S/C19H19ClN2O3/c1-12-7-8-14(10-15(12)20)22-11-13(9-18(22)23)19(24)21-16-5-3-4-6-17(16)25-2/h3-8,10,13H,9,11H2,1-2H3,(H,21,24). The normalized spacial score (nSPS) is 16.8. The van der Waals surface area contributed by atoms with Crippen molar-refractivity contribution in [1.29, 1.82) is 0 Å². The molecule has 1 aliphatic rings. The van der Waals surface area contributed by atoms with Gasteiger partial charge in [0.25, 0.3) is 0 Å². The number of amides is 2. The fourth-order valence-corrected chi connectivity index (χ4v) is 3.04. The van der Waals surface area contributed by atoms with Gasteiger partial charge in [-0.15, -0.1) is 0 Å². The Labute approximate surface area is 151 Å². The van der Waals surface area contributed by atoms with Gasteiger partial charge in [-0.3, -0.25) is 9.59 Å². The van der Waals surface area contributed by atoms with Gasteiger partial charge in [0.05, 0.1) is 18.7 Å². The van der Waals surface area contributed by atoms with E-state index >= 15 is 0 Å². The maximum absolute atomic E-state index is 12.6. The number of rotatable bonds is 4. The Kier molecular flexibility index (Phi) is 4.95. The third-order valence-corrected chi connectivity index (χ3v) is 4.73. The first-order valence-corrected chi connectivity index (χ1v) is 8.38. The van der Waals surface area contributed by atoms with Crippen molar-refractivity contribution in [3.8, 4) is 5.75 Å². The SMILES string of the molecule is COc1ccccc1NC(=O)C1CC(=O)N(c2ccc(C)c(Cl)c2)C1. The van der Waals surface area contributed by atoms with E-state index in [2.05, 4.69) is 5.32 Å². The average molecular weight is 359 g/mol. The van der Waals surface area contributed by atoms with Crippen LogP contribution in [0.3, 0.4) is 0 Å². The largest absolute Gasteiger partial charge is 0.495 e. The van der Waals surface area contributed by atoms with Crippen LogP contribution in [-0.4, -0.2) is 25.5 Å². The van der Waals surface area contributed by atoms with E-state index in [1.807, 2.05) is 31.2 Å². The first-order chi connectivity index (χ1) is 12.0. The van der Waals surface area contributed by atoms with Crippen LogP contribution < -0.4 is 15.0 Å². The molecule has 1 heterocycles. The predicted octanol–water partition coefficient (Wildman–Crippen LogP) is 3.65. The topological polar surface area (TPSA) is 58.6 Å². The van der Waals surface area contributed by atoms with E-state index in [0.29, 0.717) is 28.7 Å². The van der Waals surface area contributed by atoms with Crippen molar-refractivity contribution in [2.45, 2.75) is 13.3 Å². The molecule has 1 N–H and O–H groups in total. The lowest BCUT2D eigenvalue weighted by atomic mass is 10.1. The van der Waals surface area contributed by atoms with Gasteiger partial charge in [0.2, 0.25) is 11.8 Å². The Morgan fingerprint density at radius 1 is 1.28 bits per heavy atom. The van der Waals surface area contributed by atoms with E-state index < -0.39 is 5.92 Å². The number of ether oxygens (including phenoxy) is 1. The van der Waals surface area contributed by atoms with Crippen LogP contribution in [-0.2, 0) is 9.59 Å². The van der Waals surface area contributed by atoms with Gasteiger partial charge in [0.15, 0.2) is 0 Å². The zero-order valence-electron chi connectivity index (χ0n) is 14.1. The summed E-state index contributed by atoms with van der Waals surface area (Å²) in [6.07, 6.45) is 0.173. The van der Waals surface area contributed by atoms with Crippen molar-refractivity contribution in [3.05, 3.63) is 53.1 Å². The summed E-state index contributed by atoms with van der Waals surface area (Å²) in [7, 11) is 1.55. The third kappa shape index (κ3) is 3.61. The lowest BCUT2D eigenvalue weighted by molar-refractivity contribution is -0.122. The molecule has 5 nitrogen and oxygen atoms in total. The van der Waals surface area contributed by atoms with Crippen molar-refractivity contribution in [2.75, 3.05) is 23.9 Å². The van der Waals surface area contributed by atoms with Crippen LogP contribution in [0.1, 0.15) is 12.0 Å². The number of para-hydroxylation sites is 2. The molecule has 2 amide bonds. The van der Waals surface area contributed by atoms with Gasteiger partial charge in [-0.05, 0) is 36.8 Å². The van der Waals surface area contributed by atoms with Crippen molar-refractivity contribution in [2.24, 2.45) is 5.92 Å². The lowest BCUT2D eigenvalue weighted by Gasteiger charge is -2.18. The maximum Gasteiger partial charge on any atom is 0.229 e. The Bertz CT molecular complexity index is 822. The summed E-state index contributed by atoms with van der Waals surface area (Å²) in [5.41, 5.74) is 2.26. The first-order valence-electron chi connectivity index (χ1n) is 8.00. The molecule has 0 aromatic heterocycles. The van der Waals surface area contributed by atoms with E-state index in [1.165, 1.54) is 0 Å². The van der Waals surface area contributed by atoms with E-state index in [0.717, 1.165) is 5.56 Å². The number of hydrogen-bond donors (Lipinski definition) is 1. The number of carbonyl (C=O) groups excluding carboxylic acids is 2. The molecular weight excluding hydrogens is 340 g/mol. The second-order valence-electron chi connectivity index (χ2n) is 6.03. The second kappa shape index (κ2) is 7.15. The highest BCUT2D eigenvalue weighted by molar-refractivity contribution is 6.31. The van der Waals surface area contributed by atoms with E-state index in [4.69, 9.17) is 16.3 Å². The molecule has 0 spiro atoms. The Hall–Kier alpha value is -2.53. The van der Waals surface area contributed by atoms with Crippen LogP contribution in [0.4, 0.5) is 11.4 Å². The van der Waals surface area contributed by atoms with Gasteiger partial charge >= 0.3 is 0 Å². The highest BCUT2D eigenvalue weighted by Crippen LogP contribution is 2.30. The fraction of sp³-hybridized carbons (Fsp3) is 0.263. The van der Waals surface area contributed by atoms with Crippen LogP contribution in [0.25, 0.3) is 0 Å². The van der Waals surface area contributed by atoms with Crippen LogP contribution in [0.2, 0.25) is 5.02 Å². The number of hydrogen-bond acceptors (Lipinski definition) is 3. The van der Waals surface area contributed by atoms with Gasteiger partial charge in [0, 0.05) is 23.7 Å². The maximum atomic E-state index is 12.6. The molecule has 1 atom stereocenters. The monoisotopic (exact) mass is 358 g/mol. The molecule has 0 bridgehead atoms. The first kappa shape index (κ1) is 17.3. The number of benzene rings is 2. The summed E-state index contributed by atoms with van der Waals surface area (Å²) in [4.78, 5) is 26.5. The van der Waals surface area contributed by atoms with Crippen LogP contribution in [0, 0.1) is 12.8 Å². The molecule has 0 saturated carbocycles. The molecule has 1 saturated heterocycles. The molecule has 1 fully saturated rings. The van der Waals surface area contributed by atoms with Crippen LogP contribution in [0.5, 0.6) is 5.75 Å². The number of nitrogens with one attached hydrogen (secondary N) is 1. The van der Waals surface area contributed by atoms with Gasteiger partial charge in [0.1, 0.15) is 5.75 Å². The summed E-state index contributed by atoms with van der Waals surface area (Å²) in [6, 6.07) is 12.7. The Morgan fingerprint density at radius 2 is 2.04 bits per heavy atom. The molecule has 0 aliphatic carbocycles. The minimum absolute atomic E-state index is 0.0832. The molecule has 2 aromatic rings. The van der Waals surface area contributed by atoms with Crippen LogP contribution in [0.15, 0.2) is 42.5 Å². The third-order valence-electron chi connectivity index (χ3n) is 4.33. The van der Waals surface area contributed by atoms with Gasteiger partial charge in [-0.2, -0.15) is 0 Å². The zero-order chi connectivity index (χ0) is 18.0. The molecule has 6 heteroatoms. The summed E-state index contributed by atoms with van der Waals surface area (Å²) in [5, 5.41) is 3.45. The lowest BCUT2D eigenvalue weighted by Crippen LogP contribution is -2.28. The zero-order valence-corrected chi connectivity index (χ0v) is 14.8. The predicted molar refractivity (Wildman–Crippen MR) is 98.3 cm³/mol. The summed E-state index contributed by atoms with van der Waals surface area (Å²) in [6.45, 7) is 2.24. The molecule has 1 unspecified atom stereocenters. The Morgan fingerprint density at radius 3 is 2.76 bits per heavy atom.